The van der Waals surface area contributed by atoms with E-state index in [1.165, 1.54) is 6.42 Å². The molecular formula is C15H23NO2. The minimum absolute atomic E-state index is 0.0546. The van der Waals surface area contributed by atoms with Gasteiger partial charge >= 0.3 is 0 Å². The van der Waals surface area contributed by atoms with Gasteiger partial charge in [0.05, 0.1) is 18.2 Å². The average Bonchev–Trinajstić information content (AvgIpc) is 2.38. The van der Waals surface area contributed by atoms with E-state index in [4.69, 9.17) is 15.2 Å². The number of nitrogens with two attached hydrogens (primary N) is 1. The third-order valence-corrected chi connectivity index (χ3v) is 3.23. The second-order valence-electron chi connectivity index (χ2n) is 5.17. The van der Waals surface area contributed by atoms with Crippen LogP contribution < -0.4 is 10.5 Å². The molecule has 3 nitrogen and oxygen atoms in total. The first-order valence-electron chi connectivity index (χ1n) is 6.80. The molecule has 0 amide bonds. The lowest BCUT2D eigenvalue weighted by molar-refractivity contribution is -0.0000276. The molecule has 2 unspecified atom stereocenters. The van der Waals surface area contributed by atoms with Crippen LogP contribution in [-0.2, 0) is 4.74 Å². The van der Waals surface area contributed by atoms with E-state index in [1.807, 2.05) is 32.0 Å². The summed E-state index contributed by atoms with van der Waals surface area (Å²) in [5.41, 5.74) is 7.39. The molecule has 0 aliphatic carbocycles. The summed E-state index contributed by atoms with van der Waals surface area (Å²) < 4.78 is 11.4. The van der Waals surface area contributed by atoms with Crippen LogP contribution in [0.3, 0.4) is 0 Å². The first-order chi connectivity index (χ1) is 8.66. The Morgan fingerprint density at radius 1 is 1.33 bits per heavy atom. The van der Waals surface area contributed by atoms with Gasteiger partial charge in [0.25, 0.3) is 0 Å². The van der Waals surface area contributed by atoms with Crippen LogP contribution in [0.1, 0.15) is 44.7 Å². The maximum absolute atomic E-state index is 6.29. The minimum Gasteiger partial charge on any atom is -0.491 e. The van der Waals surface area contributed by atoms with Gasteiger partial charge in [-0.05, 0) is 50.8 Å². The third kappa shape index (κ3) is 3.47. The quantitative estimate of drug-likeness (QED) is 0.892. The predicted octanol–water partition coefficient (Wildman–Crippen LogP) is 3.04. The SMILES string of the molecule is CC(C)Oc1cccc(C(N)C2CCCCO2)c1. The van der Waals surface area contributed by atoms with Crippen molar-refractivity contribution in [2.75, 3.05) is 6.61 Å². The molecule has 1 aromatic rings. The number of rotatable bonds is 4. The Balaban J connectivity index is 2.06. The molecule has 1 aliphatic rings. The molecule has 3 heteroatoms. The third-order valence-electron chi connectivity index (χ3n) is 3.23. The maximum Gasteiger partial charge on any atom is 0.120 e. The molecule has 1 aromatic carbocycles. The molecule has 1 saturated heterocycles. The zero-order valence-electron chi connectivity index (χ0n) is 11.3. The van der Waals surface area contributed by atoms with Crippen LogP contribution in [0.25, 0.3) is 0 Å². The summed E-state index contributed by atoms with van der Waals surface area (Å²) in [6, 6.07) is 7.99. The Kier molecular flexibility index (Phi) is 4.61. The van der Waals surface area contributed by atoms with Crippen LogP contribution in [0.2, 0.25) is 0 Å². The highest BCUT2D eigenvalue weighted by Crippen LogP contribution is 2.26. The Bertz CT molecular complexity index is 373. The minimum atomic E-state index is -0.0546. The molecule has 2 N–H and O–H groups in total. The van der Waals surface area contributed by atoms with Gasteiger partial charge in [0.15, 0.2) is 0 Å². The molecule has 100 valence electrons. The van der Waals surface area contributed by atoms with Gasteiger partial charge in [-0.3, -0.25) is 0 Å². The predicted molar refractivity (Wildman–Crippen MR) is 72.7 cm³/mol. The normalized spacial score (nSPS) is 21.9. The van der Waals surface area contributed by atoms with Crippen molar-refractivity contribution in [3.05, 3.63) is 29.8 Å². The summed E-state index contributed by atoms with van der Waals surface area (Å²) >= 11 is 0. The van der Waals surface area contributed by atoms with Gasteiger partial charge < -0.3 is 15.2 Å². The largest absolute Gasteiger partial charge is 0.491 e. The van der Waals surface area contributed by atoms with Crippen LogP contribution in [-0.4, -0.2) is 18.8 Å². The molecule has 2 atom stereocenters. The van der Waals surface area contributed by atoms with Gasteiger partial charge in [-0.15, -0.1) is 0 Å². The average molecular weight is 249 g/mol. The van der Waals surface area contributed by atoms with Gasteiger partial charge in [0.2, 0.25) is 0 Å². The molecule has 18 heavy (non-hydrogen) atoms. The molecule has 0 saturated carbocycles. The van der Waals surface area contributed by atoms with E-state index in [0.717, 1.165) is 30.8 Å². The summed E-state index contributed by atoms with van der Waals surface area (Å²) in [7, 11) is 0. The highest BCUT2D eigenvalue weighted by Gasteiger charge is 2.22. The number of ether oxygens (including phenoxy) is 2. The molecule has 0 radical (unpaired) electrons. The fourth-order valence-electron chi connectivity index (χ4n) is 2.33. The molecule has 1 aliphatic heterocycles. The van der Waals surface area contributed by atoms with Crippen LogP contribution in [0.4, 0.5) is 0 Å². The Morgan fingerprint density at radius 3 is 2.83 bits per heavy atom. The molecule has 0 aromatic heterocycles. The summed E-state index contributed by atoms with van der Waals surface area (Å²) in [5.74, 6) is 0.883. The summed E-state index contributed by atoms with van der Waals surface area (Å²) in [5, 5.41) is 0. The van der Waals surface area contributed by atoms with Crippen molar-refractivity contribution in [3.63, 3.8) is 0 Å². The van der Waals surface area contributed by atoms with Crippen molar-refractivity contribution in [1.29, 1.82) is 0 Å². The number of hydrogen-bond acceptors (Lipinski definition) is 3. The summed E-state index contributed by atoms with van der Waals surface area (Å²) in [4.78, 5) is 0. The summed E-state index contributed by atoms with van der Waals surface area (Å²) in [6.45, 7) is 4.88. The zero-order valence-corrected chi connectivity index (χ0v) is 11.3. The van der Waals surface area contributed by atoms with E-state index in [0.29, 0.717) is 0 Å². The smallest absolute Gasteiger partial charge is 0.120 e. The second kappa shape index (κ2) is 6.21. The van der Waals surface area contributed by atoms with Crippen molar-refractivity contribution in [3.8, 4) is 5.75 Å². The van der Waals surface area contributed by atoms with E-state index < -0.39 is 0 Å². The van der Waals surface area contributed by atoms with Gasteiger partial charge in [-0.2, -0.15) is 0 Å². The maximum atomic E-state index is 6.29. The first-order valence-corrected chi connectivity index (χ1v) is 6.80. The van der Waals surface area contributed by atoms with Crippen LogP contribution in [0, 0.1) is 0 Å². The molecule has 0 bridgehead atoms. The van der Waals surface area contributed by atoms with Crippen molar-refractivity contribution in [1.82, 2.24) is 0 Å². The lowest BCUT2D eigenvalue weighted by atomic mass is 9.96. The Labute approximate surface area is 109 Å². The Hall–Kier alpha value is -1.06. The van der Waals surface area contributed by atoms with Crippen molar-refractivity contribution >= 4 is 0 Å². The fourth-order valence-corrected chi connectivity index (χ4v) is 2.33. The van der Waals surface area contributed by atoms with Crippen LogP contribution in [0.15, 0.2) is 24.3 Å². The van der Waals surface area contributed by atoms with Gasteiger partial charge in [-0.25, -0.2) is 0 Å². The van der Waals surface area contributed by atoms with E-state index >= 15 is 0 Å². The molecular weight excluding hydrogens is 226 g/mol. The van der Waals surface area contributed by atoms with Crippen molar-refractivity contribution < 1.29 is 9.47 Å². The lowest BCUT2D eigenvalue weighted by Gasteiger charge is -2.28. The van der Waals surface area contributed by atoms with E-state index in [-0.39, 0.29) is 18.2 Å². The van der Waals surface area contributed by atoms with Crippen LogP contribution in [0.5, 0.6) is 5.75 Å². The van der Waals surface area contributed by atoms with Gasteiger partial charge in [0, 0.05) is 6.61 Å². The van der Waals surface area contributed by atoms with E-state index in [2.05, 4.69) is 6.07 Å². The van der Waals surface area contributed by atoms with Gasteiger partial charge in [-0.1, -0.05) is 12.1 Å². The van der Waals surface area contributed by atoms with Crippen molar-refractivity contribution in [2.45, 2.75) is 51.4 Å². The van der Waals surface area contributed by atoms with E-state index in [1.54, 1.807) is 0 Å². The standard InChI is InChI=1S/C15H23NO2/c1-11(2)18-13-7-5-6-12(10-13)15(16)14-8-3-4-9-17-14/h5-7,10-11,14-15H,3-4,8-9,16H2,1-2H3. The zero-order chi connectivity index (χ0) is 13.0. The monoisotopic (exact) mass is 249 g/mol. The molecule has 1 fully saturated rings. The highest BCUT2D eigenvalue weighted by molar-refractivity contribution is 5.31. The van der Waals surface area contributed by atoms with Crippen LogP contribution >= 0.6 is 0 Å². The summed E-state index contributed by atoms with van der Waals surface area (Å²) in [6.07, 6.45) is 3.74. The second-order valence-corrected chi connectivity index (χ2v) is 5.17. The first kappa shape index (κ1) is 13.4. The van der Waals surface area contributed by atoms with Crippen molar-refractivity contribution in [2.24, 2.45) is 5.73 Å². The fraction of sp³-hybridized carbons (Fsp3) is 0.600. The topological polar surface area (TPSA) is 44.5 Å². The molecule has 0 spiro atoms. The van der Waals surface area contributed by atoms with E-state index in [9.17, 15) is 0 Å². The van der Waals surface area contributed by atoms with Gasteiger partial charge in [0.1, 0.15) is 5.75 Å². The number of hydrogen-bond donors (Lipinski definition) is 1. The Morgan fingerprint density at radius 2 is 2.17 bits per heavy atom. The lowest BCUT2D eigenvalue weighted by Crippen LogP contribution is -2.31. The molecule has 1 heterocycles. The highest BCUT2D eigenvalue weighted by atomic mass is 16.5. The number of benzene rings is 1. The molecule has 2 rings (SSSR count).